The van der Waals surface area contributed by atoms with Crippen molar-refractivity contribution >= 4 is 22.4 Å². The van der Waals surface area contributed by atoms with Crippen LogP contribution in [0.4, 0.5) is 10.1 Å². The van der Waals surface area contributed by atoms with E-state index in [1.807, 2.05) is 6.07 Å². The Balaban J connectivity index is 1.67. The highest BCUT2D eigenvalue weighted by molar-refractivity contribution is 7.85. The van der Waals surface area contributed by atoms with Gasteiger partial charge in [-0.2, -0.15) is 0 Å². The Bertz CT molecular complexity index is 1120. The normalized spacial score (nSPS) is 22.4. The van der Waals surface area contributed by atoms with E-state index in [0.29, 0.717) is 17.1 Å². The molecular weight excluding hydrogens is 425 g/mol. The first-order valence-corrected chi connectivity index (χ1v) is 13.1. The summed E-state index contributed by atoms with van der Waals surface area (Å²) in [5.74, 6) is -0.701. The van der Waals surface area contributed by atoms with Crippen molar-refractivity contribution in [3.8, 4) is 5.69 Å². The van der Waals surface area contributed by atoms with Crippen LogP contribution < -0.4 is 11.1 Å². The Kier molecular flexibility index (Phi) is 5.43. The molecular formula is C25H32FN3O2S. The predicted molar refractivity (Wildman–Crippen MR) is 126 cm³/mol. The van der Waals surface area contributed by atoms with Gasteiger partial charge in [0.25, 0.3) is 5.91 Å². The molecule has 0 spiro atoms. The molecule has 5 rings (SSSR count). The number of aromatic nitrogens is 1. The third-order valence-corrected chi connectivity index (χ3v) is 9.19. The number of carbonyl (C=O) groups is 1. The number of primary amides is 1. The van der Waals surface area contributed by atoms with Gasteiger partial charge in [-0.3, -0.25) is 9.00 Å². The van der Waals surface area contributed by atoms with Gasteiger partial charge in [0.1, 0.15) is 5.82 Å². The van der Waals surface area contributed by atoms with Gasteiger partial charge in [0.2, 0.25) is 0 Å². The number of nitrogens with one attached hydrogen (secondary N) is 1. The van der Waals surface area contributed by atoms with E-state index in [-0.39, 0.29) is 17.0 Å². The summed E-state index contributed by atoms with van der Waals surface area (Å²) in [4.78, 5) is 13.1. The Labute approximate surface area is 191 Å². The number of rotatable bonds is 4. The summed E-state index contributed by atoms with van der Waals surface area (Å²) >= 11 is 0. The van der Waals surface area contributed by atoms with Crippen molar-refractivity contribution < 1.29 is 13.4 Å². The first-order chi connectivity index (χ1) is 15.2. The largest absolute Gasteiger partial charge is 0.382 e. The summed E-state index contributed by atoms with van der Waals surface area (Å²) in [5.41, 5.74) is 9.97. The summed E-state index contributed by atoms with van der Waals surface area (Å²) in [6, 6.07) is 3.52. The molecule has 2 aliphatic carbocycles. The van der Waals surface area contributed by atoms with Crippen LogP contribution in [0.25, 0.3) is 5.69 Å². The molecule has 7 heteroatoms. The number of fused-ring (bicyclic) bond motifs is 3. The zero-order valence-electron chi connectivity index (χ0n) is 18.9. The molecule has 0 bridgehead atoms. The smallest absolute Gasteiger partial charge is 0.253 e. The lowest BCUT2D eigenvalue weighted by atomic mass is 9.89. The van der Waals surface area contributed by atoms with E-state index in [1.54, 1.807) is 0 Å². The second-order valence-electron chi connectivity index (χ2n) is 10.4. The van der Waals surface area contributed by atoms with Crippen molar-refractivity contribution in [2.75, 3.05) is 11.1 Å². The number of carbonyl (C=O) groups excluding carboxylic acids is 1. The molecule has 5 nitrogen and oxygen atoms in total. The zero-order chi connectivity index (χ0) is 22.6. The highest BCUT2D eigenvalue weighted by atomic mass is 32.2. The molecule has 0 saturated heterocycles. The minimum atomic E-state index is -1.05. The summed E-state index contributed by atoms with van der Waals surface area (Å²) in [7, 11) is -1.05. The van der Waals surface area contributed by atoms with Gasteiger partial charge in [-0.15, -0.1) is 0 Å². The van der Waals surface area contributed by atoms with Crippen LogP contribution in [-0.4, -0.2) is 26.5 Å². The van der Waals surface area contributed by atoms with Crippen molar-refractivity contribution in [1.82, 2.24) is 4.57 Å². The van der Waals surface area contributed by atoms with Crippen LogP contribution in [-0.2, 0) is 30.1 Å². The maximum absolute atomic E-state index is 15.3. The van der Waals surface area contributed by atoms with Gasteiger partial charge < -0.3 is 15.6 Å². The van der Waals surface area contributed by atoms with Crippen LogP contribution in [0.2, 0.25) is 0 Å². The third kappa shape index (κ3) is 3.68. The van der Waals surface area contributed by atoms with Gasteiger partial charge in [0.15, 0.2) is 0 Å². The third-order valence-electron chi connectivity index (χ3n) is 7.20. The monoisotopic (exact) mass is 457 g/mol. The number of nitrogens with two attached hydrogens (primary N) is 1. The van der Waals surface area contributed by atoms with Crippen molar-refractivity contribution in [3.05, 3.63) is 40.5 Å². The van der Waals surface area contributed by atoms with Gasteiger partial charge in [-0.25, -0.2) is 4.39 Å². The highest BCUT2D eigenvalue weighted by Crippen LogP contribution is 2.43. The molecule has 1 fully saturated rings. The molecule has 1 aromatic carbocycles. The zero-order valence-corrected chi connectivity index (χ0v) is 19.7. The van der Waals surface area contributed by atoms with Crippen molar-refractivity contribution in [2.45, 2.75) is 82.6 Å². The fourth-order valence-electron chi connectivity index (χ4n) is 5.88. The lowest BCUT2D eigenvalue weighted by Gasteiger charge is -2.31. The highest BCUT2D eigenvalue weighted by Gasteiger charge is 2.38. The van der Waals surface area contributed by atoms with Crippen LogP contribution in [0, 0.1) is 11.2 Å². The van der Waals surface area contributed by atoms with E-state index in [4.69, 9.17) is 5.73 Å². The number of anilines is 1. The number of nitrogens with zero attached hydrogens (tertiary/aromatic N) is 1. The molecule has 1 aromatic heterocycles. The minimum absolute atomic E-state index is 0.0686. The van der Waals surface area contributed by atoms with E-state index in [9.17, 15) is 9.00 Å². The Hall–Kier alpha value is -2.15. The molecule has 172 valence electrons. The molecule has 2 heterocycles. The summed E-state index contributed by atoms with van der Waals surface area (Å²) < 4.78 is 30.6. The Morgan fingerprint density at radius 3 is 2.62 bits per heavy atom. The molecule has 1 saturated carbocycles. The quantitative estimate of drug-likeness (QED) is 0.702. The van der Waals surface area contributed by atoms with Crippen LogP contribution in [0.15, 0.2) is 17.0 Å². The van der Waals surface area contributed by atoms with E-state index < -0.39 is 22.5 Å². The molecule has 1 atom stereocenters. The molecule has 2 aromatic rings. The summed E-state index contributed by atoms with van der Waals surface area (Å²) in [6.45, 7) is 4.28. The molecule has 3 N–H and O–H groups in total. The second kappa shape index (κ2) is 8.01. The lowest BCUT2D eigenvalue weighted by molar-refractivity contribution is 0.0997. The molecule has 1 unspecified atom stereocenters. The van der Waals surface area contributed by atoms with Crippen LogP contribution in [0.1, 0.15) is 79.7 Å². The molecule has 3 aliphatic rings. The minimum Gasteiger partial charge on any atom is -0.382 e. The molecule has 1 amide bonds. The first-order valence-electron chi connectivity index (χ1n) is 11.8. The second-order valence-corrected chi connectivity index (χ2v) is 11.8. The van der Waals surface area contributed by atoms with Gasteiger partial charge in [-0.05, 0) is 61.6 Å². The topological polar surface area (TPSA) is 77.1 Å². The Morgan fingerprint density at radius 1 is 1.16 bits per heavy atom. The number of hydrogen-bond donors (Lipinski definition) is 2. The van der Waals surface area contributed by atoms with E-state index in [2.05, 4.69) is 23.7 Å². The SMILES string of the molecule is CC1(C)Cc2c(c3c(n2-c2cc(F)c(C(N)=O)c(NC4CCCCC4)c2)CCC3)S(=O)C1. The number of hydrogen-bond acceptors (Lipinski definition) is 3. The maximum atomic E-state index is 15.3. The van der Waals surface area contributed by atoms with Crippen LogP contribution >= 0.6 is 0 Å². The Morgan fingerprint density at radius 2 is 1.91 bits per heavy atom. The number of amides is 1. The average Bonchev–Trinajstić information content (AvgIpc) is 3.26. The van der Waals surface area contributed by atoms with Crippen LogP contribution in [0.5, 0.6) is 0 Å². The van der Waals surface area contributed by atoms with E-state index in [0.717, 1.165) is 67.6 Å². The van der Waals surface area contributed by atoms with Crippen molar-refractivity contribution in [3.63, 3.8) is 0 Å². The number of halogens is 1. The van der Waals surface area contributed by atoms with Crippen molar-refractivity contribution in [1.29, 1.82) is 0 Å². The lowest BCUT2D eigenvalue weighted by Crippen LogP contribution is -2.30. The fraction of sp³-hybridized carbons (Fsp3) is 0.560. The number of benzene rings is 1. The molecule has 0 radical (unpaired) electrons. The summed E-state index contributed by atoms with van der Waals surface area (Å²) in [5, 5.41) is 3.43. The fourth-order valence-corrected chi connectivity index (χ4v) is 7.76. The average molecular weight is 458 g/mol. The maximum Gasteiger partial charge on any atom is 0.253 e. The van der Waals surface area contributed by atoms with E-state index in [1.165, 1.54) is 18.1 Å². The van der Waals surface area contributed by atoms with Gasteiger partial charge in [0.05, 0.1) is 32.6 Å². The first kappa shape index (κ1) is 21.7. The van der Waals surface area contributed by atoms with Gasteiger partial charge >= 0.3 is 0 Å². The van der Waals surface area contributed by atoms with Gasteiger partial charge in [-0.1, -0.05) is 33.1 Å². The van der Waals surface area contributed by atoms with E-state index >= 15 is 4.39 Å². The standard InChI is InChI=1S/C25H32FN3O2S/c1-25(2)13-21-23(32(31)14-25)17-9-6-10-20(17)29(21)16-11-18(26)22(24(27)30)19(12-16)28-15-7-4-3-5-8-15/h11-12,15,28H,3-10,13-14H2,1-2H3,(H2,27,30). The van der Waals surface area contributed by atoms with Crippen molar-refractivity contribution in [2.24, 2.45) is 11.1 Å². The van der Waals surface area contributed by atoms with Gasteiger partial charge in [0, 0.05) is 23.2 Å². The molecule has 32 heavy (non-hydrogen) atoms. The summed E-state index contributed by atoms with van der Waals surface area (Å²) in [6.07, 6.45) is 9.12. The molecule has 1 aliphatic heterocycles. The predicted octanol–water partition coefficient (Wildman–Crippen LogP) is 4.64. The van der Waals surface area contributed by atoms with Crippen LogP contribution in [0.3, 0.4) is 0 Å².